The number of ether oxygens (including phenoxy) is 1. The Labute approximate surface area is 151 Å². The summed E-state index contributed by atoms with van der Waals surface area (Å²) in [6, 6.07) is 14.1. The zero-order chi connectivity index (χ0) is 17.8. The molecular formula is C20H22N2O2S. The SMILES string of the molecule is CCOc1cccc2sc(=NC(=O)Cc3ccc(CC)cc3)n(C)c12. The van der Waals surface area contributed by atoms with E-state index in [-0.39, 0.29) is 5.91 Å². The molecule has 5 heteroatoms. The van der Waals surface area contributed by atoms with Crippen molar-refractivity contribution in [1.29, 1.82) is 0 Å². The van der Waals surface area contributed by atoms with E-state index >= 15 is 0 Å². The van der Waals surface area contributed by atoms with Crippen molar-refractivity contribution in [1.82, 2.24) is 4.57 Å². The molecule has 0 aliphatic rings. The normalized spacial score (nSPS) is 11.9. The van der Waals surface area contributed by atoms with Crippen LogP contribution < -0.4 is 9.54 Å². The average Bonchev–Trinajstić information content (AvgIpc) is 2.92. The number of hydrogen-bond acceptors (Lipinski definition) is 3. The molecule has 0 aliphatic carbocycles. The second-order valence-corrected chi connectivity index (χ2v) is 6.84. The molecule has 1 aromatic heterocycles. The number of nitrogens with zero attached hydrogens (tertiary/aromatic N) is 2. The molecule has 0 spiro atoms. The van der Waals surface area contributed by atoms with Gasteiger partial charge in [-0.1, -0.05) is 48.6 Å². The maximum absolute atomic E-state index is 12.4. The molecule has 25 heavy (non-hydrogen) atoms. The van der Waals surface area contributed by atoms with Crippen LogP contribution in [-0.4, -0.2) is 17.1 Å². The van der Waals surface area contributed by atoms with Crippen molar-refractivity contribution >= 4 is 27.5 Å². The number of thiazole rings is 1. The minimum absolute atomic E-state index is 0.135. The van der Waals surface area contributed by atoms with Crippen molar-refractivity contribution in [2.45, 2.75) is 26.7 Å². The van der Waals surface area contributed by atoms with Gasteiger partial charge in [0.1, 0.15) is 11.3 Å². The van der Waals surface area contributed by atoms with Crippen molar-refractivity contribution < 1.29 is 9.53 Å². The third-order valence-electron chi connectivity index (χ3n) is 4.09. The highest BCUT2D eigenvalue weighted by Gasteiger charge is 2.10. The van der Waals surface area contributed by atoms with Crippen LogP contribution >= 0.6 is 11.3 Å². The molecule has 3 rings (SSSR count). The summed E-state index contributed by atoms with van der Waals surface area (Å²) in [7, 11) is 1.92. The molecule has 4 nitrogen and oxygen atoms in total. The summed E-state index contributed by atoms with van der Waals surface area (Å²) in [6.45, 7) is 4.69. The number of benzene rings is 2. The Bertz CT molecular complexity index is 952. The van der Waals surface area contributed by atoms with Crippen molar-refractivity contribution in [3.63, 3.8) is 0 Å². The summed E-state index contributed by atoms with van der Waals surface area (Å²) >= 11 is 1.50. The first kappa shape index (κ1) is 17.4. The van der Waals surface area contributed by atoms with Gasteiger partial charge >= 0.3 is 0 Å². The molecule has 3 aromatic rings. The fourth-order valence-corrected chi connectivity index (χ4v) is 3.81. The smallest absolute Gasteiger partial charge is 0.252 e. The zero-order valence-corrected chi connectivity index (χ0v) is 15.6. The monoisotopic (exact) mass is 354 g/mol. The highest BCUT2D eigenvalue weighted by atomic mass is 32.1. The van der Waals surface area contributed by atoms with Gasteiger partial charge in [0.05, 0.1) is 17.7 Å². The Kier molecular flexibility index (Phi) is 5.34. The number of para-hydroxylation sites is 1. The second kappa shape index (κ2) is 7.66. The Balaban J connectivity index is 1.90. The summed E-state index contributed by atoms with van der Waals surface area (Å²) in [5.74, 6) is 0.687. The van der Waals surface area contributed by atoms with E-state index in [1.54, 1.807) is 0 Å². The van der Waals surface area contributed by atoms with Crippen molar-refractivity contribution in [3.05, 3.63) is 58.4 Å². The number of fused-ring (bicyclic) bond motifs is 1. The number of carbonyl (C=O) groups excluding carboxylic acids is 1. The van der Waals surface area contributed by atoms with Crippen LogP contribution in [0.1, 0.15) is 25.0 Å². The first-order chi connectivity index (χ1) is 12.1. The average molecular weight is 354 g/mol. The summed E-state index contributed by atoms with van der Waals surface area (Å²) in [5.41, 5.74) is 3.24. The molecule has 0 radical (unpaired) electrons. The van der Waals surface area contributed by atoms with E-state index in [4.69, 9.17) is 4.74 Å². The molecule has 0 aliphatic heterocycles. The molecule has 0 saturated carbocycles. The minimum Gasteiger partial charge on any atom is -0.492 e. The van der Waals surface area contributed by atoms with E-state index in [2.05, 4.69) is 24.0 Å². The van der Waals surface area contributed by atoms with Gasteiger partial charge < -0.3 is 9.30 Å². The quantitative estimate of drug-likeness (QED) is 0.698. The van der Waals surface area contributed by atoms with Crippen LogP contribution in [0.2, 0.25) is 0 Å². The molecule has 1 amide bonds. The lowest BCUT2D eigenvalue weighted by molar-refractivity contribution is -0.117. The minimum atomic E-state index is -0.135. The summed E-state index contributed by atoms with van der Waals surface area (Å²) in [4.78, 5) is 17.4. The first-order valence-corrected chi connectivity index (χ1v) is 9.30. The highest BCUT2D eigenvalue weighted by molar-refractivity contribution is 7.16. The van der Waals surface area contributed by atoms with Crippen LogP contribution in [0.5, 0.6) is 5.75 Å². The van der Waals surface area contributed by atoms with Gasteiger partial charge in [0.2, 0.25) is 0 Å². The number of aromatic nitrogens is 1. The van der Waals surface area contributed by atoms with Crippen LogP contribution in [0.15, 0.2) is 47.5 Å². The van der Waals surface area contributed by atoms with Gasteiger partial charge in [-0.2, -0.15) is 4.99 Å². The topological polar surface area (TPSA) is 43.6 Å². The van der Waals surface area contributed by atoms with E-state index < -0.39 is 0 Å². The molecule has 0 bridgehead atoms. The Hall–Kier alpha value is -2.40. The van der Waals surface area contributed by atoms with E-state index in [1.165, 1.54) is 16.9 Å². The maximum atomic E-state index is 12.4. The summed E-state index contributed by atoms with van der Waals surface area (Å²) in [5, 5.41) is 0. The number of carbonyl (C=O) groups is 1. The van der Waals surface area contributed by atoms with Crippen molar-refractivity contribution in [3.8, 4) is 5.75 Å². The van der Waals surface area contributed by atoms with Crippen LogP contribution in [0.25, 0.3) is 10.2 Å². The van der Waals surface area contributed by atoms with E-state index in [0.717, 1.165) is 28.0 Å². The zero-order valence-electron chi connectivity index (χ0n) is 14.8. The number of rotatable bonds is 5. The third kappa shape index (κ3) is 3.82. The standard InChI is InChI=1S/C20H22N2O2S/c1-4-14-9-11-15(12-10-14)13-18(23)21-20-22(3)19-16(24-5-2)7-6-8-17(19)25-20/h6-12H,4-5,13H2,1-3H3. The van der Waals surface area contributed by atoms with E-state index in [9.17, 15) is 4.79 Å². The van der Waals surface area contributed by atoms with Crippen molar-refractivity contribution in [2.75, 3.05) is 6.61 Å². The fraction of sp³-hybridized carbons (Fsp3) is 0.300. The fourth-order valence-electron chi connectivity index (χ4n) is 2.76. The highest BCUT2D eigenvalue weighted by Crippen LogP contribution is 2.26. The summed E-state index contributed by atoms with van der Waals surface area (Å²) < 4.78 is 8.69. The van der Waals surface area contributed by atoms with E-state index in [0.29, 0.717) is 17.8 Å². The van der Waals surface area contributed by atoms with Crippen LogP contribution in [0.3, 0.4) is 0 Å². The molecule has 2 aromatic carbocycles. The Morgan fingerprint density at radius 1 is 1.12 bits per heavy atom. The summed E-state index contributed by atoms with van der Waals surface area (Å²) in [6.07, 6.45) is 1.31. The van der Waals surface area contributed by atoms with Crippen molar-refractivity contribution in [2.24, 2.45) is 12.0 Å². The molecule has 0 unspecified atom stereocenters. The Morgan fingerprint density at radius 3 is 2.52 bits per heavy atom. The van der Waals surface area contributed by atoms with Gasteiger partial charge in [0.15, 0.2) is 4.80 Å². The number of hydrogen-bond donors (Lipinski definition) is 0. The van der Waals surface area contributed by atoms with Gasteiger partial charge in [-0.05, 0) is 36.6 Å². The van der Waals surface area contributed by atoms with Gasteiger partial charge in [-0.15, -0.1) is 0 Å². The van der Waals surface area contributed by atoms with Gasteiger partial charge in [-0.3, -0.25) is 4.79 Å². The second-order valence-electron chi connectivity index (χ2n) is 5.83. The predicted octanol–water partition coefficient (Wildman–Crippen LogP) is 3.87. The molecule has 0 N–H and O–H groups in total. The van der Waals surface area contributed by atoms with Gasteiger partial charge in [0.25, 0.3) is 5.91 Å². The lowest BCUT2D eigenvalue weighted by Crippen LogP contribution is -2.14. The third-order valence-corrected chi connectivity index (χ3v) is 5.19. The number of amides is 1. The molecule has 130 valence electrons. The van der Waals surface area contributed by atoms with E-state index in [1.807, 2.05) is 48.9 Å². The van der Waals surface area contributed by atoms with Crippen LogP contribution in [0, 0.1) is 0 Å². The van der Waals surface area contributed by atoms with Gasteiger partial charge in [0, 0.05) is 7.05 Å². The predicted molar refractivity (Wildman–Crippen MR) is 102 cm³/mol. The lowest BCUT2D eigenvalue weighted by Gasteiger charge is -2.05. The Morgan fingerprint density at radius 2 is 1.84 bits per heavy atom. The largest absolute Gasteiger partial charge is 0.492 e. The molecule has 1 heterocycles. The van der Waals surface area contributed by atoms with Gasteiger partial charge in [-0.25, -0.2) is 0 Å². The molecule has 0 atom stereocenters. The lowest BCUT2D eigenvalue weighted by atomic mass is 10.1. The van der Waals surface area contributed by atoms with Crippen LogP contribution in [-0.2, 0) is 24.7 Å². The first-order valence-electron chi connectivity index (χ1n) is 8.49. The molecule has 0 saturated heterocycles. The number of aryl methyl sites for hydroxylation is 2. The van der Waals surface area contributed by atoms with Crippen LogP contribution in [0.4, 0.5) is 0 Å². The molecule has 0 fully saturated rings. The molecular weight excluding hydrogens is 332 g/mol. The maximum Gasteiger partial charge on any atom is 0.252 e.